The van der Waals surface area contributed by atoms with Crippen LogP contribution in [0.25, 0.3) is 0 Å². The van der Waals surface area contributed by atoms with Gasteiger partial charge in [-0.25, -0.2) is 4.79 Å². The molecule has 0 aliphatic rings. The summed E-state index contributed by atoms with van der Waals surface area (Å²) in [6, 6.07) is 0.0368. The van der Waals surface area contributed by atoms with E-state index in [1.54, 1.807) is 4.90 Å². The third kappa shape index (κ3) is 6.45. The van der Waals surface area contributed by atoms with E-state index in [4.69, 9.17) is 5.11 Å². The first-order valence-corrected chi connectivity index (χ1v) is 5.81. The summed E-state index contributed by atoms with van der Waals surface area (Å²) in [6.45, 7) is 11.0. The van der Waals surface area contributed by atoms with Crippen LogP contribution in [0.1, 0.15) is 33.6 Å². The lowest BCUT2D eigenvalue weighted by atomic mass is 10.2. The first-order valence-electron chi connectivity index (χ1n) is 5.81. The quantitative estimate of drug-likeness (QED) is 0.652. The van der Waals surface area contributed by atoms with Crippen LogP contribution in [0.5, 0.6) is 0 Å². The predicted molar refractivity (Wildman–Crippen MR) is 66.4 cm³/mol. The maximum Gasteiger partial charge on any atom is 0.317 e. The van der Waals surface area contributed by atoms with Gasteiger partial charge in [0.2, 0.25) is 0 Å². The minimum atomic E-state index is -0.0593. The van der Waals surface area contributed by atoms with Gasteiger partial charge in [-0.2, -0.15) is 0 Å². The van der Waals surface area contributed by atoms with E-state index in [1.807, 2.05) is 20.8 Å². The Morgan fingerprint density at radius 3 is 2.62 bits per heavy atom. The van der Waals surface area contributed by atoms with Crippen molar-refractivity contribution >= 4 is 6.03 Å². The molecule has 0 saturated carbocycles. The summed E-state index contributed by atoms with van der Waals surface area (Å²) in [5, 5.41) is 11.6. The molecule has 0 saturated heterocycles. The van der Waals surface area contributed by atoms with Crippen LogP contribution in [0, 0.1) is 0 Å². The van der Waals surface area contributed by atoms with Crippen molar-refractivity contribution in [2.75, 3.05) is 19.7 Å². The SMILES string of the molecule is C=C(C)CN(CC)C(=O)NC(C)CCCO. The second-order valence-corrected chi connectivity index (χ2v) is 4.19. The molecule has 16 heavy (non-hydrogen) atoms. The summed E-state index contributed by atoms with van der Waals surface area (Å²) < 4.78 is 0. The summed E-state index contributed by atoms with van der Waals surface area (Å²) in [7, 11) is 0. The molecule has 0 aliphatic carbocycles. The van der Waals surface area contributed by atoms with E-state index in [-0.39, 0.29) is 18.7 Å². The van der Waals surface area contributed by atoms with Gasteiger partial charge in [0.15, 0.2) is 0 Å². The second-order valence-electron chi connectivity index (χ2n) is 4.19. The third-order valence-electron chi connectivity index (χ3n) is 2.29. The number of hydrogen-bond donors (Lipinski definition) is 2. The molecular formula is C12H24N2O2. The van der Waals surface area contributed by atoms with Crippen molar-refractivity contribution in [1.82, 2.24) is 10.2 Å². The van der Waals surface area contributed by atoms with Crippen molar-refractivity contribution < 1.29 is 9.90 Å². The number of aliphatic hydroxyl groups is 1. The molecule has 0 aromatic heterocycles. The zero-order valence-corrected chi connectivity index (χ0v) is 10.6. The standard InChI is InChI=1S/C12H24N2O2/c1-5-14(9-10(2)3)12(16)13-11(4)7-6-8-15/h11,15H,2,5-9H2,1,3-4H3,(H,13,16). The van der Waals surface area contributed by atoms with Crippen LogP contribution in [-0.2, 0) is 0 Å². The topological polar surface area (TPSA) is 52.6 Å². The summed E-state index contributed by atoms with van der Waals surface area (Å²) >= 11 is 0. The summed E-state index contributed by atoms with van der Waals surface area (Å²) in [5.41, 5.74) is 0.972. The Morgan fingerprint density at radius 2 is 2.19 bits per heavy atom. The van der Waals surface area contributed by atoms with Crippen LogP contribution < -0.4 is 5.32 Å². The Bertz CT molecular complexity index is 229. The Hall–Kier alpha value is -1.03. The van der Waals surface area contributed by atoms with Crippen molar-refractivity contribution in [3.8, 4) is 0 Å². The number of rotatable bonds is 7. The van der Waals surface area contributed by atoms with Gasteiger partial charge in [-0.05, 0) is 33.6 Å². The van der Waals surface area contributed by atoms with E-state index in [2.05, 4.69) is 11.9 Å². The summed E-state index contributed by atoms with van der Waals surface area (Å²) in [4.78, 5) is 13.5. The van der Waals surface area contributed by atoms with E-state index in [0.717, 1.165) is 12.0 Å². The normalized spacial score (nSPS) is 12.0. The molecule has 2 amide bonds. The van der Waals surface area contributed by atoms with Crippen LogP contribution in [0.4, 0.5) is 4.79 Å². The average Bonchev–Trinajstić information content (AvgIpc) is 2.22. The van der Waals surface area contributed by atoms with Gasteiger partial charge in [-0.15, -0.1) is 0 Å². The van der Waals surface area contributed by atoms with Crippen LogP contribution >= 0.6 is 0 Å². The molecule has 0 fully saturated rings. The molecule has 1 atom stereocenters. The highest BCUT2D eigenvalue weighted by Crippen LogP contribution is 2.00. The molecular weight excluding hydrogens is 204 g/mol. The minimum absolute atomic E-state index is 0.0593. The number of likely N-dealkylation sites (N-methyl/N-ethyl adjacent to an activating group) is 1. The van der Waals surface area contributed by atoms with Gasteiger partial charge >= 0.3 is 6.03 Å². The number of urea groups is 1. The summed E-state index contributed by atoms with van der Waals surface area (Å²) in [5.74, 6) is 0. The number of amides is 2. The highest BCUT2D eigenvalue weighted by Gasteiger charge is 2.13. The number of nitrogens with zero attached hydrogens (tertiary/aromatic N) is 1. The molecule has 0 aliphatic heterocycles. The van der Waals surface area contributed by atoms with Crippen LogP contribution in [-0.4, -0.2) is 41.8 Å². The van der Waals surface area contributed by atoms with Crippen LogP contribution in [0.15, 0.2) is 12.2 Å². The first kappa shape index (κ1) is 15.0. The van der Waals surface area contributed by atoms with E-state index >= 15 is 0 Å². The lowest BCUT2D eigenvalue weighted by molar-refractivity contribution is 0.199. The fraction of sp³-hybridized carbons (Fsp3) is 0.750. The molecule has 0 radical (unpaired) electrons. The molecule has 4 nitrogen and oxygen atoms in total. The maximum absolute atomic E-state index is 11.8. The van der Waals surface area contributed by atoms with E-state index in [9.17, 15) is 4.79 Å². The van der Waals surface area contributed by atoms with Crippen LogP contribution in [0.2, 0.25) is 0 Å². The van der Waals surface area contributed by atoms with Gasteiger partial charge in [0.25, 0.3) is 0 Å². The van der Waals surface area contributed by atoms with Crippen molar-refractivity contribution in [2.45, 2.75) is 39.7 Å². The molecule has 0 spiro atoms. The van der Waals surface area contributed by atoms with Gasteiger partial charge in [-0.3, -0.25) is 0 Å². The molecule has 1 unspecified atom stereocenters. The number of hydrogen-bond acceptors (Lipinski definition) is 2. The highest BCUT2D eigenvalue weighted by atomic mass is 16.3. The zero-order valence-electron chi connectivity index (χ0n) is 10.6. The van der Waals surface area contributed by atoms with E-state index < -0.39 is 0 Å². The van der Waals surface area contributed by atoms with Crippen molar-refractivity contribution in [3.63, 3.8) is 0 Å². The molecule has 0 aromatic rings. The van der Waals surface area contributed by atoms with Gasteiger partial charge < -0.3 is 15.3 Å². The second kappa shape index (κ2) is 8.16. The number of aliphatic hydroxyl groups excluding tert-OH is 1. The highest BCUT2D eigenvalue weighted by molar-refractivity contribution is 5.74. The minimum Gasteiger partial charge on any atom is -0.396 e. The number of carbonyl (C=O) groups is 1. The lowest BCUT2D eigenvalue weighted by Crippen LogP contribution is -2.44. The van der Waals surface area contributed by atoms with E-state index in [1.165, 1.54) is 0 Å². The van der Waals surface area contributed by atoms with Gasteiger partial charge in [0, 0.05) is 25.7 Å². The van der Waals surface area contributed by atoms with Crippen LogP contribution in [0.3, 0.4) is 0 Å². The lowest BCUT2D eigenvalue weighted by Gasteiger charge is -2.24. The molecule has 94 valence electrons. The van der Waals surface area contributed by atoms with Gasteiger partial charge in [-0.1, -0.05) is 12.2 Å². The molecule has 2 N–H and O–H groups in total. The monoisotopic (exact) mass is 228 g/mol. The summed E-state index contributed by atoms with van der Waals surface area (Å²) in [6.07, 6.45) is 1.51. The Balaban J connectivity index is 4.04. The van der Waals surface area contributed by atoms with Gasteiger partial charge in [0.05, 0.1) is 0 Å². The average molecular weight is 228 g/mol. The Labute approximate surface area is 98.3 Å². The van der Waals surface area contributed by atoms with Crippen molar-refractivity contribution in [3.05, 3.63) is 12.2 Å². The fourth-order valence-corrected chi connectivity index (χ4v) is 1.42. The fourth-order valence-electron chi connectivity index (χ4n) is 1.42. The Kier molecular flexibility index (Phi) is 7.64. The number of carbonyl (C=O) groups excluding carboxylic acids is 1. The maximum atomic E-state index is 11.8. The molecule has 4 heteroatoms. The molecule has 0 bridgehead atoms. The number of nitrogens with one attached hydrogen (secondary N) is 1. The van der Waals surface area contributed by atoms with Gasteiger partial charge in [0.1, 0.15) is 0 Å². The van der Waals surface area contributed by atoms with Crippen molar-refractivity contribution in [2.24, 2.45) is 0 Å². The van der Waals surface area contributed by atoms with E-state index in [0.29, 0.717) is 19.5 Å². The Morgan fingerprint density at radius 1 is 1.56 bits per heavy atom. The first-order chi connectivity index (χ1) is 7.51. The smallest absolute Gasteiger partial charge is 0.317 e. The zero-order chi connectivity index (χ0) is 12.6. The molecule has 0 rings (SSSR count). The predicted octanol–water partition coefficient (Wildman–Crippen LogP) is 1.75. The largest absolute Gasteiger partial charge is 0.396 e. The van der Waals surface area contributed by atoms with Crippen molar-refractivity contribution in [1.29, 1.82) is 0 Å². The molecule has 0 heterocycles. The molecule has 0 aromatic carbocycles. The third-order valence-corrected chi connectivity index (χ3v) is 2.29.